The summed E-state index contributed by atoms with van der Waals surface area (Å²) in [7, 11) is 0. The Bertz CT molecular complexity index is 1110. The van der Waals surface area contributed by atoms with Gasteiger partial charge in [-0.15, -0.1) is 0 Å². The highest BCUT2D eigenvalue weighted by Crippen LogP contribution is 2.42. The molecule has 0 aliphatic carbocycles. The first kappa shape index (κ1) is 13.8. The van der Waals surface area contributed by atoms with Gasteiger partial charge in [0.2, 0.25) is 5.72 Å². The Kier molecular flexibility index (Phi) is 2.71. The van der Waals surface area contributed by atoms with Gasteiger partial charge in [0.25, 0.3) is 5.56 Å². The summed E-state index contributed by atoms with van der Waals surface area (Å²) in [5.74, 6) is 0.809. The fourth-order valence-electron chi connectivity index (χ4n) is 3.45. The lowest BCUT2D eigenvalue weighted by Gasteiger charge is -2.39. The Balaban J connectivity index is 1.80. The zero-order chi connectivity index (χ0) is 16.3. The fourth-order valence-corrected chi connectivity index (χ4v) is 4.57. The number of benzene rings is 1. The second kappa shape index (κ2) is 4.70. The largest absolute Gasteiger partial charge is 0.472 e. The van der Waals surface area contributed by atoms with Crippen LogP contribution >= 0.6 is 11.3 Å². The zero-order valence-corrected chi connectivity index (χ0v) is 13.7. The predicted octanol–water partition coefficient (Wildman–Crippen LogP) is 2.05. The molecular weight excluding hydrogens is 324 g/mol. The monoisotopic (exact) mass is 338 g/mol. The molecule has 4 heterocycles. The molecule has 0 unspecified atom stereocenters. The molecule has 3 aromatic rings. The number of ether oxygens (including phenoxy) is 1. The standard InChI is InChI=1S/C18H14N2O3S/c1-18-9-13(12-4-2-3-5-14(12)23-18)20-16(21)15(24-17(20)19-18)8-11-6-7-22-10-11/h2-8,10,13H,9H2,1H3/b15-8+/t13-,18+/m1/s1. The Hall–Kier alpha value is -2.60. The molecule has 0 saturated heterocycles. The van der Waals surface area contributed by atoms with Gasteiger partial charge in [-0.3, -0.25) is 9.36 Å². The third kappa shape index (κ3) is 1.93. The number of aromatic nitrogens is 1. The van der Waals surface area contributed by atoms with Crippen molar-refractivity contribution < 1.29 is 9.15 Å². The van der Waals surface area contributed by atoms with Crippen molar-refractivity contribution in [1.29, 1.82) is 0 Å². The van der Waals surface area contributed by atoms with Gasteiger partial charge in [-0.1, -0.05) is 29.5 Å². The molecule has 0 N–H and O–H groups in total. The molecule has 24 heavy (non-hydrogen) atoms. The lowest BCUT2D eigenvalue weighted by Crippen LogP contribution is -2.49. The molecule has 2 aliphatic rings. The summed E-state index contributed by atoms with van der Waals surface area (Å²) in [5.41, 5.74) is 1.28. The highest BCUT2D eigenvalue weighted by Gasteiger charge is 2.42. The van der Waals surface area contributed by atoms with Gasteiger partial charge < -0.3 is 9.15 Å². The van der Waals surface area contributed by atoms with E-state index in [2.05, 4.69) is 0 Å². The SMILES string of the molecule is C[C@@]12C[C@H](c3ccccc3O1)n1c(s/c(=C/c3ccoc3)c1=O)=N2. The van der Waals surface area contributed by atoms with Gasteiger partial charge in [-0.25, -0.2) is 4.99 Å². The van der Waals surface area contributed by atoms with Crippen molar-refractivity contribution >= 4 is 17.4 Å². The number of para-hydroxylation sites is 1. The fraction of sp³-hybridized carbons (Fsp3) is 0.222. The first-order chi connectivity index (χ1) is 11.6. The lowest BCUT2D eigenvalue weighted by atomic mass is 9.93. The maximum atomic E-state index is 13.0. The van der Waals surface area contributed by atoms with Crippen molar-refractivity contribution in [1.82, 2.24) is 4.57 Å². The predicted molar refractivity (Wildman–Crippen MR) is 89.9 cm³/mol. The number of fused-ring (bicyclic) bond motifs is 6. The average Bonchev–Trinajstić information content (AvgIpc) is 3.16. The summed E-state index contributed by atoms with van der Waals surface area (Å²) < 4.78 is 13.6. The molecule has 5 nitrogen and oxygen atoms in total. The van der Waals surface area contributed by atoms with Crippen LogP contribution in [0.5, 0.6) is 5.75 Å². The van der Waals surface area contributed by atoms with E-state index in [1.807, 2.05) is 43.3 Å². The Morgan fingerprint density at radius 1 is 1.38 bits per heavy atom. The summed E-state index contributed by atoms with van der Waals surface area (Å²) in [5, 5.41) is 0. The Morgan fingerprint density at radius 2 is 2.25 bits per heavy atom. The number of rotatable bonds is 1. The van der Waals surface area contributed by atoms with E-state index in [0.29, 0.717) is 15.8 Å². The topological polar surface area (TPSA) is 56.7 Å². The van der Waals surface area contributed by atoms with Crippen LogP contribution in [0.2, 0.25) is 0 Å². The quantitative estimate of drug-likeness (QED) is 0.682. The molecule has 1 aromatic carbocycles. The van der Waals surface area contributed by atoms with Crippen molar-refractivity contribution in [2.24, 2.45) is 4.99 Å². The molecule has 2 aliphatic heterocycles. The molecule has 6 heteroatoms. The summed E-state index contributed by atoms with van der Waals surface area (Å²) in [6.45, 7) is 1.98. The van der Waals surface area contributed by atoms with Gasteiger partial charge >= 0.3 is 0 Å². The van der Waals surface area contributed by atoms with Crippen LogP contribution in [0, 0.1) is 0 Å². The van der Waals surface area contributed by atoms with Crippen LogP contribution in [0.3, 0.4) is 0 Å². The number of nitrogens with zero attached hydrogens (tertiary/aromatic N) is 2. The van der Waals surface area contributed by atoms with Crippen molar-refractivity contribution in [3.05, 3.63) is 73.7 Å². The molecule has 2 aromatic heterocycles. The minimum atomic E-state index is -0.622. The summed E-state index contributed by atoms with van der Waals surface area (Å²) >= 11 is 1.40. The third-order valence-corrected chi connectivity index (χ3v) is 5.48. The van der Waals surface area contributed by atoms with Crippen LogP contribution in [0.1, 0.15) is 30.5 Å². The molecule has 120 valence electrons. The number of hydrogen-bond donors (Lipinski definition) is 0. The van der Waals surface area contributed by atoms with Crippen LogP contribution in [-0.4, -0.2) is 10.3 Å². The zero-order valence-electron chi connectivity index (χ0n) is 12.9. The number of hydrogen-bond acceptors (Lipinski definition) is 5. The highest BCUT2D eigenvalue weighted by molar-refractivity contribution is 7.07. The van der Waals surface area contributed by atoms with Gasteiger partial charge in [0.15, 0.2) is 4.80 Å². The van der Waals surface area contributed by atoms with Crippen molar-refractivity contribution in [2.75, 3.05) is 0 Å². The molecule has 0 saturated carbocycles. The molecular formula is C18H14N2O3S. The molecule has 0 fully saturated rings. The Labute approximate surface area is 141 Å². The normalized spacial score (nSPS) is 24.7. The van der Waals surface area contributed by atoms with Crippen molar-refractivity contribution in [3.63, 3.8) is 0 Å². The summed E-state index contributed by atoms with van der Waals surface area (Å²) in [6, 6.07) is 9.68. The first-order valence-electron chi connectivity index (χ1n) is 7.76. The second-order valence-corrected chi connectivity index (χ2v) is 7.28. The maximum absolute atomic E-state index is 13.0. The van der Waals surface area contributed by atoms with Crippen molar-refractivity contribution in [2.45, 2.75) is 25.1 Å². The van der Waals surface area contributed by atoms with Gasteiger partial charge in [0.1, 0.15) is 5.75 Å². The van der Waals surface area contributed by atoms with E-state index in [0.717, 1.165) is 16.9 Å². The van der Waals surface area contributed by atoms with E-state index < -0.39 is 5.72 Å². The first-order valence-corrected chi connectivity index (χ1v) is 8.58. The summed E-state index contributed by atoms with van der Waals surface area (Å²) in [4.78, 5) is 18.4. The molecule has 0 radical (unpaired) electrons. The average molecular weight is 338 g/mol. The van der Waals surface area contributed by atoms with Crippen LogP contribution in [-0.2, 0) is 0 Å². The van der Waals surface area contributed by atoms with Gasteiger partial charge in [0.05, 0.1) is 23.1 Å². The van der Waals surface area contributed by atoms with E-state index in [4.69, 9.17) is 14.1 Å². The van der Waals surface area contributed by atoms with Gasteiger partial charge in [-0.2, -0.15) is 0 Å². The van der Waals surface area contributed by atoms with Crippen LogP contribution in [0.25, 0.3) is 6.08 Å². The van der Waals surface area contributed by atoms with E-state index in [9.17, 15) is 4.79 Å². The smallest absolute Gasteiger partial charge is 0.270 e. The lowest BCUT2D eigenvalue weighted by molar-refractivity contribution is 0.0410. The van der Waals surface area contributed by atoms with Crippen LogP contribution in [0.4, 0.5) is 0 Å². The summed E-state index contributed by atoms with van der Waals surface area (Å²) in [6.07, 6.45) is 5.73. The third-order valence-electron chi connectivity index (χ3n) is 4.50. The maximum Gasteiger partial charge on any atom is 0.270 e. The molecule has 0 spiro atoms. The van der Waals surface area contributed by atoms with Crippen LogP contribution in [0.15, 0.2) is 57.1 Å². The molecule has 2 atom stereocenters. The molecule has 2 bridgehead atoms. The van der Waals surface area contributed by atoms with E-state index in [-0.39, 0.29) is 11.6 Å². The second-order valence-electron chi connectivity index (χ2n) is 6.27. The van der Waals surface area contributed by atoms with Crippen LogP contribution < -0.4 is 19.6 Å². The minimum Gasteiger partial charge on any atom is -0.472 e. The number of furan rings is 1. The van der Waals surface area contributed by atoms with Gasteiger partial charge in [-0.05, 0) is 25.1 Å². The number of thiazole rings is 1. The molecule has 0 amide bonds. The minimum absolute atomic E-state index is 0.0105. The van der Waals surface area contributed by atoms with E-state index in [1.54, 1.807) is 17.1 Å². The van der Waals surface area contributed by atoms with Gasteiger partial charge in [0, 0.05) is 17.5 Å². The van der Waals surface area contributed by atoms with E-state index >= 15 is 0 Å². The van der Waals surface area contributed by atoms with Crippen molar-refractivity contribution in [3.8, 4) is 5.75 Å². The Morgan fingerprint density at radius 3 is 3.08 bits per heavy atom. The highest BCUT2D eigenvalue weighted by atomic mass is 32.1. The molecule has 5 rings (SSSR count). The van der Waals surface area contributed by atoms with E-state index in [1.165, 1.54) is 11.3 Å².